The lowest BCUT2D eigenvalue weighted by atomic mass is 10.2. The van der Waals surface area contributed by atoms with Crippen molar-refractivity contribution >= 4 is 17.3 Å². The molecular weight excluding hydrogens is 260 g/mol. The van der Waals surface area contributed by atoms with E-state index in [2.05, 4.69) is 33.4 Å². The van der Waals surface area contributed by atoms with E-state index in [4.69, 9.17) is 0 Å². The smallest absolute Gasteiger partial charge is 0.339 e. The molecule has 4 nitrogen and oxygen atoms in total. The molecule has 0 bridgehead atoms. The highest BCUT2D eigenvalue weighted by molar-refractivity contribution is 7.10. The molecule has 0 radical (unpaired) electrons. The molecule has 0 amide bonds. The van der Waals surface area contributed by atoms with Gasteiger partial charge in [0.25, 0.3) is 0 Å². The number of hydrogen-bond acceptors (Lipinski definition) is 5. The highest BCUT2D eigenvalue weighted by atomic mass is 32.1. The minimum Gasteiger partial charge on any atom is -0.465 e. The van der Waals surface area contributed by atoms with Crippen molar-refractivity contribution in [1.82, 2.24) is 10.3 Å². The maximum absolute atomic E-state index is 11.3. The van der Waals surface area contributed by atoms with Gasteiger partial charge in [-0.1, -0.05) is 6.07 Å². The standard InChI is InChI=1S/C14H16N2O2S/c1-10(13-4-3-7-19-13)15-9-12-6-5-11(8-16-12)14(17)18-2/h3-8,10,15H,9H2,1-2H3. The molecule has 5 heteroatoms. The maximum Gasteiger partial charge on any atom is 0.339 e. The molecule has 0 aliphatic heterocycles. The number of rotatable bonds is 5. The summed E-state index contributed by atoms with van der Waals surface area (Å²) in [6.45, 7) is 2.79. The van der Waals surface area contributed by atoms with Crippen LogP contribution >= 0.6 is 11.3 Å². The van der Waals surface area contributed by atoms with Crippen LogP contribution in [-0.4, -0.2) is 18.1 Å². The Morgan fingerprint density at radius 3 is 2.89 bits per heavy atom. The first-order valence-corrected chi connectivity index (χ1v) is 6.88. The van der Waals surface area contributed by atoms with Crippen molar-refractivity contribution in [2.45, 2.75) is 19.5 Å². The molecule has 0 saturated carbocycles. The van der Waals surface area contributed by atoms with Gasteiger partial charge in [-0.05, 0) is 30.5 Å². The van der Waals surface area contributed by atoms with Crippen molar-refractivity contribution in [2.24, 2.45) is 0 Å². The van der Waals surface area contributed by atoms with Crippen molar-refractivity contribution < 1.29 is 9.53 Å². The second-order valence-corrected chi connectivity index (χ2v) is 5.13. The second kappa shape index (κ2) is 6.45. The van der Waals surface area contributed by atoms with Gasteiger partial charge in [0.05, 0.1) is 18.4 Å². The summed E-state index contributed by atoms with van der Waals surface area (Å²) in [6, 6.07) is 8.01. The highest BCUT2D eigenvalue weighted by Gasteiger charge is 2.08. The Labute approximate surface area is 116 Å². The second-order valence-electron chi connectivity index (χ2n) is 4.15. The lowest BCUT2D eigenvalue weighted by Crippen LogP contribution is -2.18. The van der Waals surface area contributed by atoms with Gasteiger partial charge in [-0.3, -0.25) is 4.98 Å². The van der Waals surface area contributed by atoms with Gasteiger partial charge < -0.3 is 10.1 Å². The van der Waals surface area contributed by atoms with E-state index in [1.165, 1.54) is 12.0 Å². The first-order chi connectivity index (χ1) is 9.20. The first kappa shape index (κ1) is 13.7. The van der Waals surface area contributed by atoms with Crippen molar-refractivity contribution in [3.63, 3.8) is 0 Å². The van der Waals surface area contributed by atoms with Gasteiger partial charge in [0.2, 0.25) is 0 Å². The van der Waals surface area contributed by atoms with Crippen LogP contribution in [0, 0.1) is 0 Å². The summed E-state index contributed by atoms with van der Waals surface area (Å²) in [4.78, 5) is 16.8. The van der Waals surface area contributed by atoms with Crippen LogP contribution in [0.25, 0.3) is 0 Å². The Morgan fingerprint density at radius 1 is 1.47 bits per heavy atom. The minimum atomic E-state index is -0.362. The number of carbonyl (C=O) groups is 1. The van der Waals surface area contributed by atoms with Crippen molar-refractivity contribution in [3.8, 4) is 0 Å². The Balaban J connectivity index is 1.91. The van der Waals surface area contributed by atoms with Crippen LogP contribution in [0.1, 0.15) is 33.9 Å². The molecule has 0 saturated heterocycles. The van der Waals surface area contributed by atoms with E-state index in [9.17, 15) is 4.79 Å². The number of carbonyl (C=O) groups excluding carboxylic acids is 1. The zero-order chi connectivity index (χ0) is 13.7. The Morgan fingerprint density at radius 2 is 2.32 bits per heavy atom. The van der Waals surface area contributed by atoms with Crippen molar-refractivity contribution in [3.05, 3.63) is 52.0 Å². The quantitative estimate of drug-likeness (QED) is 0.853. The third-order valence-corrected chi connectivity index (χ3v) is 3.86. The first-order valence-electron chi connectivity index (χ1n) is 6.00. The Bertz CT molecular complexity index is 523. The number of nitrogens with zero attached hydrogens (tertiary/aromatic N) is 1. The SMILES string of the molecule is COC(=O)c1ccc(CNC(C)c2cccs2)nc1. The largest absolute Gasteiger partial charge is 0.465 e. The summed E-state index contributed by atoms with van der Waals surface area (Å²) in [6.07, 6.45) is 1.54. The molecule has 1 atom stereocenters. The predicted octanol–water partition coefficient (Wildman–Crippen LogP) is 2.78. The number of esters is 1. The molecule has 0 aromatic carbocycles. The number of aromatic nitrogens is 1. The lowest BCUT2D eigenvalue weighted by molar-refractivity contribution is 0.0600. The molecule has 0 aliphatic carbocycles. The molecule has 0 fully saturated rings. The number of nitrogens with one attached hydrogen (secondary N) is 1. The van der Waals surface area contributed by atoms with E-state index < -0.39 is 0 Å². The topological polar surface area (TPSA) is 51.2 Å². The van der Waals surface area contributed by atoms with Crippen LogP contribution in [0.2, 0.25) is 0 Å². The van der Waals surface area contributed by atoms with E-state index in [-0.39, 0.29) is 5.97 Å². The average molecular weight is 276 g/mol. The maximum atomic E-state index is 11.3. The Hall–Kier alpha value is -1.72. The zero-order valence-electron chi connectivity index (χ0n) is 10.9. The van der Waals surface area contributed by atoms with Gasteiger partial charge in [-0.25, -0.2) is 4.79 Å². The molecule has 2 heterocycles. The normalized spacial score (nSPS) is 12.1. The van der Waals surface area contributed by atoms with Crippen LogP contribution in [-0.2, 0) is 11.3 Å². The monoisotopic (exact) mass is 276 g/mol. The van der Waals surface area contributed by atoms with Crippen LogP contribution in [0.4, 0.5) is 0 Å². The summed E-state index contributed by atoms with van der Waals surface area (Å²) < 4.78 is 4.63. The van der Waals surface area contributed by atoms with Gasteiger partial charge in [-0.15, -0.1) is 11.3 Å². The molecule has 100 valence electrons. The summed E-state index contributed by atoms with van der Waals surface area (Å²) >= 11 is 1.73. The molecule has 2 aromatic heterocycles. The molecule has 2 aromatic rings. The summed E-state index contributed by atoms with van der Waals surface area (Å²) in [5, 5.41) is 5.46. The van der Waals surface area contributed by atoms with Gasteiger partial charge in [0, 0.05) is 23.7 Å². The van der Waals surface area contributed by atoms with Crippen LogP contribution in [0.15, 0.2) is 35.8 Å². The Kier molecular flexibility index (Phi) is 4.65. The van der Waals surface area contributed by atoms with Crippen molar-refractivity contribution in [2.75, 3.05) is 7.11 Å². The number of ether oxygens (including phenoxy) is 1. The fourth-order valence-corrected chi connectivity index (χ4v) is 2.42. The molecule has 0 aliphatic rings. The molecule has 0 spiro atoms. The third kappa shape index (κ3) is 3.62. The number of methoxy groups -OCH3 is 1. The summed E-state index contributed by atoms with van der Waals surface area (Å²) in [5.74, 6) is -0.362. The summed E-state index contributed by atoms with van der Waals surface area (Å²) in [5.41, 5.74) is 1.37. The minimum absolute atomic E-state index is 0.294. The van der Waals surface area contributed by atoms with E-state index >= 15 is 0 Å². The zero-order valence-corrected chi connectivity index (χ0v) is 11.7. The predicted molar refractivity (Wildman–Crippen MR) is 75.2 cm³/mol. The lowest BCUT2D eigenvalue weighted by Gasteiger charge is -2.11. The van der Waals surface area contributed by atoms with E-state index in [0.29, 0.717) is 18.2 Å². The molecule has 1 N–H and O–H groups in total. The number of thiophene rings is 1. The fraction of sp³-hybridized carbons (Fsp3) is 0.286. The van der Waals surface area contributed by atoms with Crippen LogP contribution in [0.5, 0.6) is 0 Å². The van der Waals surface area contributed by atoms with E-state index in [1.807, 2.05) is 12.1 Å². The third-order valence-electron chi connectivity index (χ3n) is 2.81. The van der Waals surface area contributed by atoms with Gasteiger partial charge in [0.1, 0.15) is 0 Å². The van der Waals surface area contributed by atoms with Gasteiger partial charge in [-0.2, -0.15) is 0 Å². The summed E-state index contributed by atoms with van der Waals surface area (Å²) in [7, 11) is 1.36. The molecule has 19 heavy (non-hydrogen) atoms. The number of hydrogen-bond donors (Lipinski definition) is 1. The van der Waals surface area contributed by atoms with E-state index in [0.717, 1.165) is 5.69 Å². The van der Waals surface area contributed by atoms with Gasteiger partial charge >= 0.3 is 5.97 Å². The fourth-order valence-electron chi connectivity index (χ4n) is 1.66. The van der Waals surface area contributed by atoms with E-state index in [1.54, 1.807) is 23.6 Å². The molecular formula is C14H16N2O2S. The van der Waals surface area contributed by atoms with Crippen LogP contribution < -0.4 is 5.32 Å². The van der Waals surface area contributed by atoms with Gasteiger partial charge in [0.15, 0.2) is 0 Å². The average Bonchev–Trinajstić information content (AvgIpc) is 2.98. The van der Waals surface area contributed by atoms with Crippen molar-refractivity contribution in [1.29, 1.82) is 0 Å². The van der Waals surface area contributed by atoms with Crippen LogP contribution in [0.3, 0.4) is 0 Å². The molecule has 2 rings (SSSR count). The molecule has 1 unspecified atom stereocenters. The number of pyridine rings is 1. The highest BCUT2D eigenvalue weighted by Crippen LogP contribution is 2.18.